The Labute approximate surface area is 101 Å². The van der Waals surface area contributed by atoms with Gasteiger partial charge in [0.1, 0.15) is 0 Å². The molecule has 1 unspecified atom stereocenters. The van der Waals surface area contributed by atoms with E-state index < -0.39 is 0 Å². The molecule has 2 rings (SSSR count). The maximum absolute atomic E-state index is 12.1. The Hall–Kier alpha value is -1.96. The Morgan fingerprint density at radius 3 is 2.41 bits per heavy atom. The third-order valence-electron chi connectivity index (χ3n) is 2.80. The van der Waals surface area contributed by atoms with Gasteiger partial charge in [0.25, 0.3) is 0 Å². The number of carbonyl (C=O) groups excluding carboxylic acids is 1. The molecule has 2 aromatic rings. The second kappa shape index (κ2) is 5.39. The quantitative estimate of drug-likeness (QED) is 0.748. The van der Waals surface area contributed by atoms with Crippen LogP contribution < -0.4 is 0 Å². The number of nitrogens with zero attached hydrogens (tertiary/aromatic N) is 1. The third-order valence-corrected chi connectivity index (χ3v) is 2.80. The second-order valence-electron chi connectivity index (χ2n) is 4.19. The lowest BCUT2D eigenvalue weighted by atomic mass is 9.93. The van der Waals surface area contributed by atoms with Gasteiger partial charge in [0.15, 0.2) is 5.78 Å². The van der Waals surface area contributed by atoms with Crippen LogP contribution in [0.2, 0.25) is 0 Å². The van der Waals surface area contributed by atoms with Crippen molar-refractivity contribution in [2.24, 2.45) is 5.92 Å². The summed E-state index contributed by atoms with van der Waals surface area (Å²) in [7, 11) is 0. The van der Waals surface area contributed by atoms with Crippen molar-refractivity contribution < 1.29 is 4.79 Å². The number of rotatable bonds is 4. The lowest BCUT2D eigenvalue weighted by Gasteiger charge is -2.10. The number of benzene rings is 1. The molecule has 1 heterocycles. The Balaban J connectivity index is 2.06. The SMILES string of the molecule is CC(Cc1ccncc1)C(=O)c1ccccc1. The number of hydrogen-bond donors (Lipinski definition) is 0. The van der Waals surface area contributed by atoms with Gasteiger partial charge in [-0.15, -0.1) is 0 Å². The van der Waals surface area contributed by atoms with Crippen LogP contribution in [0.4, 0.5) is 0 Å². The van der Waals surface area contributed by atoms with Crippen LogP contribution in [0.1, 0.15) is 22.8 Å². The van der Waals surface area contributed by atoms with Gasteiger partial charge < -0.3 is 0 Å². The lowest BCUT2D eigenvalue weighted by molar-refractivity contribution is 0.0929. The summed E-state index contributed by atoms with van der Waals surface area (Å²) in [6.07, 6.45) is 4.28. The number of aromatic nitrogens is 1. The molecule has 0 spiro atoms. The van der Waals surface area contributed by atoms with Crippen LogP contribution in [-0.2, 0) is 6.42 Å². The van der Waals surface area contributed by atoms with Crippen LogP contribution in [0.3, 0.4) is 0 Å². The molecule has 0 aliphatic rings. The van der Waals surface area contributed by atoms with Crippen LogP contribution in [0.5, 0.6) is 0 Å². The van der Waals surface area contributed by atoms with Gasteiger partial charge >= 0.3 is 0 Å². The Bertz CT molecular complexity index is 479. The molecular formula is C15H15NO. The molecule has 0 radical (unpaired) electrons. The molecule has 1 aromatic carbocycles. The van der Waals surface area contributed by atoms with E-state index >= 15 is 0 Å². The first-order chi connectivity index (χ1) is 8.27. The van der Waals surface area contributed by atoms with Gasteiger partial charge in [0, 0.05) is 23.9 Å². The van der Waals surface area contributed by atoms with Gasteiger partial charge in [0.05, 0.1) is 0 Å². The Morgan fingerprint density at radius 2 is 1.76 bits per heavy atom. The van der Waals surface area contributed by atoms with Gasteiger partial charge in [-0.2, -0.15) is 0 Å². The van der Waals surface area contributed by atoms with Gasteiger partial charge in [-0.1, -0.05) is 37.3 Å². The molecule has 1 aromatic heterocycles. The largest absolute Gasteiger partial charge is 0.294 e. The Morgan fingerprint density at radius 1 is 1.12 bits per heavy atom. The van der Waals surface area contributed by atoms with Crippen molar-refractivity contribution in [3.05, 3.63) is 66.0 Å². The summed E-state index contributed by atoms with van der Waals surface area (Å²) in [6.45, 7) is 1.97. The fourth-order valence-corrected chi connectivity index (χ4v) is 1.85. The molecule has 1 atom stereocenters. The van der Waals surface area contributed by atoms with Crippen molar-refractivity contribution >= 4 is 5.78 Å². The number of carbonyl (C=O) groups is 1. The Kier molecular flexibility index (Phi) is 3.66. The highest BCUT2D eigenvalue weighted by atomic mass is 16.1. The molecule has 0 aliphatic heterocycles. The first-order valence-corrected chi connectivity index (χ1v) is 5.75. The summed E-state index contributed by atoms with van der Waals surface area (Å²) in [5.41, 5.74) is 1.94. The summed E-state index contributed by atoms with van der Waals surface area (Å²) in [6, 6.07) is 13.4. The van der Waals surface area contributed by atoms with Crippen molar-refractivity contribution in [1.29, 1.82) is 0 Å². The van der Waals surface area contributed by atoms with Gasteiger partial charge in [0.2, 0.25) is 0 Å². The first kappa shape index (κ1) is 11.5. The average molecular weight is 225 g/mol. The zero-order valence-electron chi connectivity index (χ0n) is 9.84. The highest BCUT2D eigenvalue weighted by Gasteiger charge is 2.14. The standard InChI is InChI=1S/C15H15NO/c1-12(11-13-7-9-16-10-8-13)15(17)14-5-3-2-4-6-14/h2-10,12H,11H2,1H3. The van der Waals surface area contributed by atoms with Gasteiger partial charge in [-0.3, -0.25) is 9.78 Å². The fraction of sp³-hybridized carbons (Fsp3) is 0.200. The monoisotopic (exact) mass is 225 g/mol. The number of Topliss-reactive ketones (excluding diaryl/α,β-unsaturated/α-hetero) is 1. The minimum Gasteiger partial charge on any atom is -0.294 e. The molecule has 0 aliphatic carbocycles. The van der Waals surface area contributed by atoms with Crippen LogP contribution in [0.25, 0.3) is 0 Å². The second-order valence-corrected chi connectivity index (χ2v) is 4.19. The van der Waals surface area contributed by atoms with Crippen molar-refractivity contribution in [3.8, 4) is 0 Å². The number of ketones is 1. The van der Waals surface area contributed by atoms with Crippen molar-refractivity contribution in [3.63, 3.8) is 0 Å². The van der Waals surface area contributed by atoms with Crippen molar-refractivity contribution in [1.82, 2.24) is 4.98 Å². The topological polar surface area (TPSA) is 30.0 Å². The molecule has 0 N–H and O–H groups in total. The molecule has 2 nitrogen and oxygen atoms in total. The van der Waals surface area contributed by atoms with E-state index in [9.17, 15) is 4.79 Å². The van der Waals surface area contributed by atoms with E-state index in [1.165, 1.54) is 0 Å². The van der Waals surface area contributed by atoms with Crippen LogP contribution in [0.15, 0.2) is 54.9 Å². The van der Waals surface area contributed by atoms with E-state index in [0.717, 1.165) is 17.5 Å². The zero-order chi connectivity index (χ0) is 12.1. The lowest BCUT2D eigenvalue weighted by Crippen LogP contribution is -2.13. The highest BCUT2D eigenvalue weighted by Crippen LogP contribution is 2.13. The molecule has 0 fully saturated rings. The van der Waals surface area contributed by atoms with Gasteiger partial charge in [-0.25, -0.2) is 0 Å². The van der Waals surface area contributed by atoms with Gasteiger partial charge in [-0.05, 0) is 24.1 Å². The average Bonchev–Trinajstić information content (AvgIpc) is 2.40. The summed E-state index contributed by atoms with van der Waals surface area (Å²) < 4.78 is 0. The third kappa shape index (κ3) is 3.00. The number of pyridine rings is 1. The summed E-state index contributed by atoms with van der Waals surface area (Å²) >= 11 is 0. The minimum atomic E-state index is -0.000185. The summed E-state index contributed by atoms with van der Waals surface area (Å²) in [4.78, 5) is 16.1. The van der Waals surface area contributed by atoms with E-state index in [2.05, 4.69) is 4.98 Å². The molecule has 0 saturated heterocycles. The van der Waals surface area contributed by atoms with E-state index in [1.54, 1.807) is 12.4 Å². The normalized spacial score (nSPS) is 12.1. The molecule has 86 valence electrons. The van der Waals surface area contributed by atoms with E-state index in [1.807, 2.05) is 49.4 Å². The van der Waals surface area contributed by atoms with Crippen molar-refractivity contribution in [2.75, 3.05) is 0 Å². The fourth-order valence-electron chi connectivity index (χ4n) is 1.85. The zero-order valence-corrected chi connectivity index (χ0v) is 9.84. The van der Waals surface area contributed by atoms with Crippen molar-refractivity contribution in [2.45, 2.75) is 13.3 Å². The smallest absolute Gasteiger partial charge is 0.165 e. The maximum Gasteiger partial charge on any atom is 0.165 e. The highest BCUT2D eigenvalue weighted by molar-refractivity contribution is 5.97. The molecule has 0 bridgehead atoms. The molecule has 0 amide bonds. The number of hydrogen-bond acceptors (Lipinski definition) is 2. The maximum atomic E-state index is 12.1. The molecule has 2 heteroatoms. The summed E-state index contributed by atoms with van der Waals surface area (Å²) in [5, 5.41) is 0. The van der Waals surface area contributed by atoms with Crippen LogP contribution in [0, 0.1) is 5.92 Å². The van der Waals surface area contributed by atoms with Crippen LogP contribution in [-0.4, -0.2) is 10.8 Å². The van der Waals surface area contributed by atoms with E-state index in [0.29, 0.717) is 0 Å². The summed E-state index contributed by atoms with van der Waals surface area (Å²) in [5.74, 6) is 0.196. The minimum absolute atomic E-state index is 0.000185. The molecule has 0 saturated carbocycles. The molecule has 17 heavy (non-hydrogen) atoms. The predicted octanol–water partition coefficient (Wildman–Crippen LogP) is 3.14. The van der Waals surface area contributed by atoms with E-state index in [4.69, 9.17) is 0 Å². The first-order valence-electron chi connectivity index (χ1n) is 5.75. The predicted molar refractivity (Wildman–Crippen MR) is 67.9 cm³/mol. The van der Waals surface area contributed by atoms with Crippen LogP contribution >= 0.6 is 0 Å². The molecular weight excluding hydrogens is 210 g/mol. The van der Waals surface area contributed by atoms with E-state index in [-0.39, 0.29) is 11.7 Å².